The highest BCUT2D eigenvalue weighted by molar-refractivity contribution is 4.93. The number of piperidine rings is 1. The number of rotatable bonds is 6. The van der Waals surface area contributed by atoms with Gasteiger partial charge in [0.25, 0.3) is 0 Å². The lowest BCUT2D eigenvalue weighted by Gasteiger charge is -2.48. The second kappa shape index (κ2) is 7.24. The summed E-state index contributed by atoms with van der Waals surface area (Å²) in [6.45, 7) is 13.5. The van der Waals surface area contributed by atoms with Gasteiger partial charge in [-0.2, -0.15) is 0 Å². The molecule has 2 aliphatic rings. The molecule has 1 heterocycles. The van der Waals surface area contributed by atoms with E-state index in [1.165, 1.54) is 38.8 Å². The van der Waals surface area contributed by atoms with Crippen LogP contribution in [0.3, 0.4) is 0 Å². The first-order valence-electron chi connectivity index (χ1n) is 8.60. The summed E-state index contributed by atoms with van der Waals surface area (Å²) in [5.74, 6) is 0.846. The molecule has 2 fully saturated rings. The van der Waals surface area contributed by atoms with Crippen LogP contribution in [-0.4, -0.2) is 48.8 Å². The molecular formula is C17H34N2O. The predicted molar refractivity (Wildman–Crippen MR) is 85.1 cm³/mol. The summed E-state index contributed by atoms with van der Waals surface area (Å²) < 4.78 is 5.97. The lowest BCUT2D eigenvalue weighted by atomic mass is 9.77. The van der Waals surface area contributed by atoms with Crippen molar-refractivity contribution in [2.75, 3.05) is 26.2 Å². The minimum Gasteiger partial charge on any atom is -0.377 e. The second-order valence-corrected chi connectivity index (χ2v) is 7.67. The normalized spacial score (nSPS) is 32.1. The number of hydrogen-bond donors (Lipinski definition) is 1. The molecule has 1 aliphatic heterocycles. The summed E-state index contributed by atoms with van der Waals surface area (Å²) in [7, 11) is 0. The van der Waals surface area contributed by atoms with E-state index in [9.17, 15) is 0 Å². The van der Waals surface area contributed by atoms with Gasteiger partial charge in [-0.25, -0.2) is 0 Å². The first kappa shape index (κ1) is 16.3. The molecule has 3 unspecified atom stereocenters. The first-order chi connectivity index (χ1) is 9.49. The molecule has 0 aromatic rings. The zero-order valence-electron chi connectivity index (χ0n) is 14.0. The monoisotopic (exact) mass is 282 g/mol. The van der Waals surface area contributed by atoms with Crippen LogP contribution in [0.25, 0.3) is 0 Å². The van der Waals surface area contributed by atoms with Crippen molar-refractivity contribution in [2.45, 2.75) is 77.5 Å². The quantitative estimate of drug-likeness (QED) is 0.810. The van der Waals surface area contributed by atoms with Crippen LogP contribution in [0, 0.1) is 5.92 Å². The van der Waals surface area contributed by atoms with E-state index in [1.54, 1.807) is 0 Å². The molecule has 0 spiro atoms. The fourth-order valence-electron chi connectivity index (χ4n) is 3.40. The number of hydrogen-bond acceptors (Lipinski definition) is 3. The topological polar surface area (TPSA) is 24.5 Å². The van der Waals surface area contributed by atoms with Crippen LogP contribution in [-0.2, 0) is 4.74 Å². The minimum atomic E-state index is 0.245. The van der Waals surface area contributed by atoms with Crippen molar-refractivity contribution in [3.05, 3.63) is 0 Å². The SMILES string of the molecule is CCCOC1CCCN(C2CCC2CNC(C)(C)C)C1. The molecule has 0 bridgehead atoms. The average molecular weight is 282 g/mol. The van der Waals surface area contributed by atoms with Crippen molar-refractivity contribution in [1.82, 2.24) is 10.2 Å². The van der Waals surface area contributed by atoms with E-state index >= 15 is 0 Å². The van der Waals surface area contributed by atoms with E-state index in [0.717, 1.165) is 31.5 Å². The highest BCUT2D eigenvalue weighted by Gasteiger charge is 2.37. The Morgan fingerprint density at radius 2 is 2.00 bits per heavy atom. The molecule has 0 aromatic heterocycles. The Balaban J connectivity index is 1.76. The number of ether oxygens (including phenoxy) is 1. The van der Waals surface area contributed by atoms with Gasteiger partial charge in [0.1, 0.15) is 0 Å². The van der Waals surface area contributed by atoms with E-state index in [1.807, 2.05) is 0 Å². The van der Waals surface area contributed by atoms with E-state index in [-0.39, 0.29) is 5.54 Å². The summed E-state index contributed by atoms with van der Waals surface area (Å²) in [4.78, 5) is 2.71. The van der Waals surface area contributed by atoms with Gasteiger partial charge < -0.3 is 10.1 Å². The molecule has 20 heavy (non-hydrogen) atoms. The summed E-state index contributed by atoms with van der Waals surface area (Å²) in [5.41, 5.74) is 0.245. The summed E-state index contributed by atoms with van der Waals surface area (Å²) in [5, 5.41) is 3.68. The van der Waals surface area contributed by atoms with Crippen LogP contribution in [0.1, 0.15) is 59.8 Å². The predicted octanol–water partition coefficient (Wildman–Crippen LogP) is 3.04. The van der Waals surface area contributed by atoms with Crippen LogP contribution in [0.4, 0.5) is 0 Å². The molecule has 3 nitrogen and oxygen atoms in total. The summed E-state index contributed by atoms with van der Waals surface area (Å²) in [6, 6.07) is 0.804. The smallest absolute Gasteiger partial charge is 0.0702 e. The van der Waals surface area contributed by atoms with Gasteiger partial charge in [0.2, 0.25) is 0 Å². The lowest BCUT2D eigenvalue weighted by Crippen LogP contribution is -2.56. The van der Waals surface area contributed by atoms with E-state index in [4.69, 9.17) is 4.74 Å². The van der Waals surface area contributed by atoms with Gasteiger partial charge in [-0.15, -0.1) is 0 Å². The van der Waals surface area contributed by atoms with Crippen LogP contribution >= 0.6 is 0 Å². The van der Waals surface area contributed by atoms with Crippen LogP contribution in [0.15, 0.2) is 0 Å². The van der Waals surface area contributed by atoms with Gasteiger partial charge in [0, 0.05) is 24.7 Å². The maximum Gasteiger partial charge on any atom is 0.0702 e. The number of likely N-dealkylation sites (tertiary alicyclic amines) is 1. The molecule has 1 saturated heterocycles. The third-order valence-electron chi connectivity index (χ3n) is 4.71. The fourth-order valence-corrected chi connectivity index (χ4v) is 3.40. The number of nitrogens with zero attached hydrogens (tertiary/aromatic N) is 1. The van der Waals surface area contributed by atoms with Gasteiger partial charge in [-0.3, -0.25) is 4.90 Å². The Morgan fingerprint density at radius 1 is 1.20 bits per heavy atom. The molecule has 2 rings (SSSR count). The van der Waals surface area contributed by atoms with Crippen molar-refractivity contribution < 1.29 is 4.74 Å². The molecule has 3 atom stereocenters. The summed E-state index contributed by atoms with van der Waals surface area (Å²) >= 11 is 0. The molecule has 0 radical (unpaired) electrons. The molecule has 1 saturated carbocycles. The second-order valence-electron chi connectivity index (χ2n) is 7.67. The maximum absolute atomic E-state index is 5.97. The van der Waals surface area contributed by atoms with Crippen molar-refractivity contribution in [1.29, 1.82) is 0 Å². The number of nitrogens with one attached hydrogen (secondary N) is 1. The van der Waals surface area contributed by atoms with Crippen LogP contribution in [0.2, 0.25) is 0 Å². The molecule has 3 heteroatoms. The first-order valence-corrected chi connectivity index (χ1v) is 8.60. The third-order valence-corrected chi connectivity index (χ3v) is 4.71. The van der Waals surface area contributed by atoms with Crippen LogP contribution in [0.5, 0.6) is 0 Å². The highest BCUT2D eigenvalue weighted by atomic mass is 16.5. The Hall–Kier alpha value is -0.120. The third kappa shape index (κ3) is 4.71. The molecular weight excluding hydrogens is 248 g/mol. The van der Waals surface area contributed by atoms with Crippen molar-refractivity contribution in [3.8, 4) is 0 Å². The minimum absolute atomic E-state index is 0.245. The standard InChI is InChI=1S/C17H34N2O/c1-5-11-20-15-7-6-10-19(13-15)16-9-8-14(16)12-18-17(2,3)4/h14-16,18H,5-13H2,1-4H3. The fraction of sp³-hybridized carbons (Fsp3) is 1.00. The van der Waals surface area contributed by atoms with Crippen LogP contribution < -0.4 is 5.32 Å². The van der Waals surface area contributed by atoms with E-state index in [0.29, 0.717) is 6.10 Å². The van der Waals surface area contributed by atoms with E-state index < -0.39 is 0 Å². The summed E-state index contributed by atoms with van der Waals surface area (Å²) in [6.07, 6.45) is 6.97. The Morgan fingerprint density at radius 3 is 2.60 bits per heavy atom. The molecule has 1 aliphatic carbocycles. The Bertz CT molecular complexity index is 287. The molecule has 0 amide bonds. The molecule has 1 N–H and O–H groups in total. The Kier molecular flexibility index (Phi) is 5.88. The van der Waals surface area contributed by atoms with Gasteiger partial charge in [0.15, 0.2) is 0 Å². The van der Waals surface area contributed by atoms with Crippen molar-refractivity contribution >= 4 is 0 Å². The Labute approximate surface area is 125 Å². The van der Waals surface area contributed by atoms with Crippen molar-refractivity contribution in [2.24, 2.45) is 5.92 Å². The molecule has 118 valence electrons. The largest absolute Gasteiger partial charge is 0.377 e. The van der Waals surface area contributed by atoms with Crippen molar-refractivity contribution in [3.63, 3.8) is 0 Å². The van der Waals surface area contributed by atoms with Gasteiger partial charge in [-0.1, -0.05) is 6.92 Å². The van der Waals surface area contributed by atoms with Gasteiger partial charge in [0.05, 0.1) is 6.10 Å². The average Bonchev–Trinajstić information content (AvgIpc) is 2.34. The highest BCUT2D eigenvalue weighted by Crippen LogP contribution is 2.34. The van der Waals surface area contributed by atoms with Gasteiger partial charge >= 0.3 is 0 Å². The zero-order valence-corrected chi connectivity index (χ0v) is 14.0. The van der Waals surface area contributed by atoms with E-state index in [2.05, 4.69) is 37.9 Å². The lowest BCUT2D eigenvalue weighted by molar-refractivity contribution is -0.0401. The van der Waals surface area contributed by atoms with Gasteiger partial charge in [-0.05, 0) is 71.9 Å². The zero-order chi connectivity index (χ0) is 14.6. The maximum atomic E-state index is 5.97. The molecule has 0 aromatic carbocycles.